The second kappa shape index (κ2) is 7.68. The molecule has 2 aromatic carbocycles. The summed E-state index contributed by atoms with van der Waals surface area (Å²) in [6.45, 7) is 3.47. The van der Waals surface area contributed by atoms with E-state index < -0.39 is 10.0 Å². The third-order valence-corrected chi connectivity index (χ3v) is 7.75. The van der Waals surface area contributed by atoms with Crippen LogP contribution < -0.4 is 4.90 Å². The van der Waals surface area contributed by atoms with Crippen molar-refractivity contribution in [2.24, 2.45) is 5.92 Å². The highest BCUT2D eigenvalue weighted by Gasteiger charge is 2.35. The van der Waals surface area contributed by atoms with Crippen LogP contribution in [0.5, 0.6) is 0 Å². The van der Waals surface area contributed by atoms with Crippen LogP contribution in [0.1, 0.15) is 30.4 Å². The number of carbonyl (C=O) groups is 1. The van der Waals surface area contributed by atoms with E-state index in [2.05, 4.69) is 6.07 Å². The summed E-state index contributed by atoms with van der Waals surface area (Å²) < 4.78 is 27.3. The summed E-state index contributed by atoms with van der Waals surface area (Å²) >= 11 is 0. The van der Waals surface area contributed by atoms with Crippen LogP contribution in [0.4, 0.5) is 5.69 Å². The molecule has 1 amide bonds. The average Bonchev–Trinajstić information content (AvgIpc) is 2.73. The fourth-order valence-electron chi connectivity index (χ4n) is 4.19. The van der Waals surface area contributed by atoms with Crippen LogP contribution in [0.25, 0.3) is 0 Å². The molecular formula is C22H26N2O3S. The molecule has 0 saturated carbocycles. The number of aryl methyl sites for hydroxylation is 2. The molecule has 0 bridgehead atoms. The normalized spacial score (nSPS) is 18.7. The molecule has 0 spiro atoms. The largest absolute Gasteiger partial charge is 0.312 e. The zero-order chi connectivity index (χ0) is 19.7. The van der Waals surface area contributed by atoms with Gasteiger partial charge < -0.3 is 4.90 Å². The summed E-state index contributed by atoms with van der Waals surface area (Å²) in [4.78, 5) is 15.4. The van der Waals surface area contributed by atoms with Gasteiger partial charge in [-0.25, -0.2) is 8.42 Å². The van der Waals surface area contributed by atoms with Gasteiger partial charge in [-0.1, -0.05) is 35.9 Å². The van der Waals surface area contributed by atoms with Crippen molar-refractivity contribution in [3.8, 4) is 0 Å². The molecule has 0 aromatic heterocycles. The number of hydrogen-bond acceptors (Lipinski definition) is 3. The lowest BCUT2D eigenvalue weighted by Gasteiger charge is -2.36. The summed E-state index contributed by atoms with van der Waals surface area (Å²) in [7, 11) is -3.49. The number of para-hydroxylation sites is 1. The van der Waals surface area contributed by atoms with Gasteiger partial charge in [0.05, 0.1) is 4.90 Å². The molecule has 2 heterocycles. The molecule has 2 aromatic rings. The van der Waals surface area contributed by atoms with Gasteiger partial charge in [-0.2, -0.15) is 4.31 Å². The molecule has 5 nitrogen and oxygen atoms in total. The molecule has 0 N–H and O–H groups in total. The number of sulfonamides is 1. The molecule has 6 heteroatoms. The summed E-state index contributed by atoms with van der Waals surface area (Å²) in [5, 5.41) is 0. The van der Waals surface area contributed by atoms with E-state index in [0.29, 0.717) is 30.8 Å². The molecular weight excluding hydrogens is 372 g/mol. The molecule has 0 radical (unpaired) electrons. The van der Waals surface area contributed by atoms with Crippen molar-refractivity contribution >= 4 is 21.6 Å². The molecule has 0 aliphatic carbocycles. The summed E-state index contributed by atoms with van der Waals surface area (Å²) in [6, 6.07) is 15.0. The van der Waals surface area contributed by atoms with Gasteiger partial charge in [0.15, 0.2) is 0 Å². The highest BCUT2D eigenvalue weighted by molar-refractivity contribution is 7.89. The van der Waals surface area contributed by atoms with Crippen molar-refractivity contribution in [2.45, 2.75) is 37.5 Å². The van der Waals surface area contributed by atoms with Crippen LogP contribution in [0.2, 0.25) is 0 Å². The number of piperidine rings is 1. The van der Waals surface area contributed by atoms with Crippen LogP contribution >= 0.6 is 0 Å². The van der Waals surface area contributed by atoms with Crippen molar-refractivity contribution in [1.82, 2.24) is 4.31 Å². The van der Waals surface area contributed by atoms with Crippen molar-refractivity contribution in [3.63, 3.8) is 0 Å². The van der Waals surface area contributed by atoms with Crippen LogP contribution in [0.3, 0.4) is 0 Å². The van der Waals surface area contributed by atoms with Gasteiger partial charge in [-0.15, -0.1) is 0 Å². The summed E-state index contributed by atoms with van der Waals surface area (Å²) in [6.07, 6.45) is 3.13. The predicted octanol–water partition coefficient (Wildman–Crippen LogP) is 3.38. The number of benzene rings is 2. The maximum atomic E-state index is 13.1. The Bertz CT molecular complexity index is 962. The van der Waals surface area contributed by atoms with Gasteiger partial charge in [-0.05, 0) is 56.4 Å². The van der Waals surface area contributed by atoms with Crippen molar-refractivity contribution in [3.05, 3.63) is 59.7 Å². The first kappa shape index (κ1) is 19.2. The maximum absolute atomic E-state index is 13.1. The predicted molar refractivity (Wildman–Crippen MR) is 110 cm³/mol. The minimum absolute atomic E-state index is 0.115. The standard InChI is InChI=1S/C22H26N2O3S/c1-17-8-10-20(11-9-17)28(26,27)23-15-12-19(13-16-23)22(25)24-14-4-6-18-5-2-3-7-21(18)24/h2-3,5,7-11,19H,4,6,12-16H2,1H3. The van der Waals surface area contributed by atoms with E-state index in [4.69, 9.17) is 0 Å². The van der Waals surface area contributed by atoms with E-state index in [-0.39, 0.29) is 11.8 Å². The summed E-state index contributed by atoms with van der Waals surface area (Å²) in [5.74, 6) is 0.0233. The Hall–Kier alpha value is -2.18. The number of amides is 1. The fraction of sp³-hybridized carbons (Fsp3) is 0.409. The Morgan fingerprint density at radius 1 is 0.964 bits per heavy atom. The minimum atomic E-state index is -3.49. The van der Waals surface area contributed by atoms with Crippen LogP contribution in [0.15, 0.2) is 53.4 Å². The first-order chi connectivity index (χ1) is 13.5. The lowest BCUT2D eigenvalue weighted by molar-refractivity contribution is -0.123. The van der Waals surface area contributed by atoms with Gasteiger partial charge in [-0.3, -0.25) is 4.79 Å². The number of carbonyl (C=O) groups excluding carboxylic acids is 1. The van der Waals surface area contributed by atoms with Crippen molar-refractivity contribution in [1.29, 1.82) is 0 Å². The quantitative estimate of drug-likeness (QED) is 0.796. The number of rotatable bonds is 3. The molecule has 1 fully saturated rings. The molecule has 0 atom stereocenters. The van der Waals surface area contributed by atoms with Crippen LogP contribution in [0, 0.1) is 12.8 Å². The fourth-order valence-corrected chi connectivity index (χ4v) is 5.66. The Morgan fingerprint density at radius 3 is 2.36 bits per heavy atom. The molecule has 2 aliphatic heterocycles. The number of anilines is 1. The molecule has 4 rings (SSSR count). The van der Waals surface area contributed by atoms with E-state index in [0.717, 1.165) is 30.6 Å². The third-order valence-electron chi connectivity index (χ3n) is 5.84. The SMILES string of the molecule is Cc1ccc(S(=O)(=O)N2CCC(C(=O)N3CCCc4ccccc43)CC2)cc1. The Morgan fingerprint density at radius 2 is 1.64 bits per heavy atom. The smallest absolute Gasteiger partial charge is 0.243 e. The molecule has 0 unspecified atom stereocenters. The Balaban J connectivity index is 1.45. The number of fused-ring (bicyclic) bond motifs is 1. The van der Waals surface area contributed by atoms with Gasteiger partial charge in [0.25, 0.3) is 0 Å². The van der Waals surface area contributed by atoms with E-state index >= 15 is 0 Å². The van der Waals surface area contributed by atoms with E-state index in [9.17, 15) is 13.2 Å². The zero-order valence-corrected chi connectivity index (χ0v) is 17.0. The topological polar surface area (TPSA) is 57.7 Å². The maximum Gasteiger partial charge on any atom is 0.243 e. The minimum Gasteiger partial charge on any atom is -0.312 e. The monoisotopic (exact) mass is 398 g/mol. The number of hydrogen-bond donors (Lipinski definition) is 0. The second-order valence-electron chi connectivity index (χ2n) is 7.71. The van der Waals surface area contributed by atoms with Gasteiger partial charge >= 0.3 is 0 Å². The molecule has 148 valence electrons. The van der Waals surface area contributed by atoms with E-state index in [1.807, 2.05) is 42.2 Å². The third kappa shape index (κ3) is 3.59. The zero-order valence-electron chi connectivity index (χ0n) is 16.2. The highest BCUT2D eigenvalue weighted by atomic mass is 32.2. The lowest BCUT2D eigenvalue weighted by atomic mass is 9.94. The van der Waals surface area contributed by atoms with E-state index in [1.165, 1.54) is 9.87 Å². The van der Waals surface area contributed by atoms with Crippen molar-refractivity contribution in [2.75, 3.05) is 24.5 Å². The summed E-state index contributed by atoms with van der Waals surface area (Å²) in [5.41, 5.74) is 3.28. The van der Waals surface area contributed by atoms with Gasteiger partial charge in [0.2, 0.25) is 15.9 Å². The molecule has 28 heavy (non-hydrogen) atoms. The van der Waals surface area contributed by atoms with Crippen LogP contribution in [-0.2, 0) is 21.2 Å². The second-order valence-corrected chi connectivity index (χ2v) is 9.65. The highest BCUT2D eigenvalue weighted by Crippen LogP contribution is 2.31. The first-order valence-corrected chi connectivity index (χ1v) is 11.4. The Labute approximate surface area is 167 Å². The lowest BCUT2D eigenvalue weighted by Crippen LogP contribution is -2.45. The molecule has 1 saturated heterocycles. The van der Waals surface area contributed by atoms with Gasteiger partial charge in [0, 0.05) is 31.2 Å². The first-order valence-electron chi connectivity index (χ1n) is 9.93. The molecule has 2 aliphatic rings. The average molecular weight is 399 g/mol. The Kier molecular flexibility index (Phi) is 5.25. The van der Waals surface area contributed by atoms with E-state index in [1.54, 1.807) is 12.1 Å². The van der Waals surface area contributed by atoms with Gasteiger partial charge in [0.1, 0.15) is 0 Å². The van der Waals surface area contributed by atoms with Crippen molar-refractivity contribution < 1.29 is 13.2 Å². The number of nitrogens with zero attached hydrogens (tertiary/aromatic N) is 2. The van der Waals surface area contributed by atoms with Crippen LogP contribution in [-0.4, -0.2) is 38.3 Å².